The van der Waals surface area contributed by atoms with Crippen LogP contribution in [-0.2, 0) is 20.1 Å². The van der Waals surface area contributed by atoms with E-state index < -0.39 is 0 Å². The van der Waals surface area contributed by atoms with Crippen LogP contribution in [0.3, 0.4) is 0 Å². The smallest absolute Gasteiger partial charge is 0.0531 e. The molecule has 1 radical (unpaired) electrons. The minimum atomic E-state index is 0. The van der Waals surface area contributed by atoms with Crippen LogP contribution in [0.25, 0.3) is 80.8 Å². The summed E-state index contributed by atoms with van der Waals surface area (Å²) in [7, 11) is 0. The summed E-state index contributed by atoms with van der Waals surface area (Å²) in [6, 6.07) is 50.7. The quantitative estimate of drug-likeness (QED) is 0.164. The Morgan fingerprint density at radius 3 is 2.02 bits per heavy atom. The predicted molar refractivity (Wildman–Crippen MR) is 185 cm³/mol. The molecule has 5 aromatic carbocycles. The molecule has 10 rings (SSSR count). The Morgan fingerprint density at radius 2 is 1.27 bits per heavy atom. The van der Waals surface area contributed by atoms with E-state index in [1.54, 1.807) is 6.20 Å². The van der Waals surface area contributed by atoms with Gasteiger partial charge in [0.25, 0.3) is 0 Å². The zero-order chi connectivity index (χ0) is 29.0. The number of para-hydroxylation sites is 1. The first-order valence-electron chi connectivity index (χ1n) is 14.6. The summed E-state index contributed by atoms with van der Waals surface area (Å²) in [5.74, 6) is 0. The molecule has 0 aliphatic heterocycles. The molecule has 0 bridgehead atoms. The maximum absolute atomic E-state index is 4.57. The zero-order valence-corrected chi connectivity index (χ0v) is 27.1. The van der Waals surface area contributed by atoms with Crippen LogP contribution >= 0.6 is 11.3 Å². The number of nitrogens with zero attached hydrogens (tertiary/aromatic N) is 3. The monoisotopic (exact) mass is 770 g/mol. The van der Waals surface area contributed by atoms with E-state index in [2.05, 4.69) is 99.3 Å². The van der Waals surface area contributed by atoms with Crippen LogP contribution in [0.5, 0.6) is 0 Å². The average molecular weight is 770 g/mol. The first-order valence-corrected chi connectivity index (χ1v) is 15.4. The number of thiophene rings is 1. The molecule has 3 nitrogen and oxygen atoms in total. The molecule has 0 aliphatic carbocycles. The van der Waals surface area contributed by atoms with Gasteiger partial charge in [-0.2, -0.15) is 0 Å². The zero-order valence-electron chi connectivity index (χ0n) is 23.9. The van der Waals surface area contributed by atoms with Crippen LogP contribution in [0.2, 0.25) is 0 Å². The van der Waals surface area contributed by atoms with Gasteiger partial charge in [-0.1, -0.05) is 66.0 Å². The fraction of sp³-hybridized carbons (Fsp3) is 0. The molecular formula is C40H23IrN3S-2. The van der Waals surface area contributed by atoms with Gasteiger partial charge >= 0.3 is 0 Å². The Labute approximate surface area is 277 Å². The van der Waals surface area contributed by atoms with Gasteiger partial charge in [0.05, 0.1) is 5.52 Å². The topological polar surface area (TPSA) is 30.2 Å². The van der Waals surface area contributed by atoms with Gasteiger partial charge in [0.15, 0.2) is 0 Å². The first-order chi connectivity index (χ1) is 21.8. The van der Waals surface area contributed by atoms with Gasteiger partial charge in [0, 0.05) is 74.3 Å². The standard InChI is InChI=1S/C29H15N2S.C11H8N.Ir/c1-3-10-24-18(7-1)20-16-21-19-8-2-4-11-26(19)32-29(21)27-22-15-17(23-9-5-6-14-30-23)12-13-25(22)31(24)28(20)27;1-2-6-10(7-3-1)11-8-4-5-9-12-11;/h1-11,13-16H;1-6,8-9H;/q2*-1;. The number of benzene rings is 5. The van der Waals surface area contributed by atoms with Gasteiger partial charge in [-0.15, -0.1) is 71.0 Å². The van der Waals surface area contributed by atoms with Gasteiger partial charge in [-0.05, 0) is 47.2 Å². The van der Waals surface area contributed by atoms with Crippen LogP contribution in [0.1, 0.15) is 0 Å². The molecule has 0 unspecified atom stereocenters. The Bertz CT molecular complexity index is 2550. The number of hydrogen-bond donors (Lipinski definition) is 0. The Hall–Kier alpha value is -4.93. The minimum Gasteiger partial charge on any atom is -0.350 e. The average Bonchev–Trinajstić information content (AvgIpc) is 3.76. The second kappa shape index (κ2) is 11.2. The van der Waals surface area contributed by atoms with E-state index in [0.717, 1.165) is 22.5 Å². The number of hydrogen-bond acceptors (Lipinski definition) is 3. The molecule has 5 aromatic heterocycles. The summed E-state index contributed by atoms with van der Waals surface area (Å²) < 4.78 is 5.13. The van der Waals surface area contributed by atoms with Crippen molar-refractivity contribution < 1.29 is 20.1 Å². The van der Waals surface area contributed by atoms with Gasteiger partial charge in [-0.3, -0.25) is 0 Å². The van der Waals surface area contributed by atoms with E-state index >= 15 is 0 Å². The summed E-state index contributed by atoms with van der Waals surface area (Å²) in [4.78, 5) is 8.79. The molecule has 0 aliphatic rings. The molecule has 0 N–H and O–H groups in total. The molecule has 5 heteroatoms. The Balaban J connectivity index is 0.000000196. The molecule has 215 valence electrons. The molecule has 45 heavy (non-hydrogen) atoms. The van der Waals surface area contributed by atoms with E-state index in [0.29, 0.717) is 0 Å². The maximum atomic E-state index is 4.57. The summed E-state index contributed by atoms with van der Waals surface area (Å²) in [6.45, 7) is 0. The molecule has 0 amide bonds. The van der Waals surface area contributed by atoms with E-state index in [9.17, 15) is 0 Å². The normalized spacial score (nSPS) is 11.4. The molecule has 10 aromatic rings. The molecule has 5 heterocycles. The molecule has 0 fully saturated rings. The first kappa shape index (κ1) is 27.6. The van der Waals surface area contributed by atoms with Crippen LogP contribution in [-0.4, -0.2) is 14.4 Å². The summed E-state index contributed by atoms with van der Waals surface area (Å²) in [5.41, 5.74) is 7.77. The van der Waals surface area contributed by atoms with Gasteiger partial charge in [-0.25, -0.2) is 0 Å². The van der Waals surface area contributed by atoms with Gasteiger partial charge in [0.2, 0.25) is 0 Å². The number of pyridine rings is 2. The minimum absolute atomic E-state index is 0. The maximum Gasteiger partial charge on any atom is 0.0531 e. The third kappa shape index (κ3) is 4.43. The molecule has 0 atom stereocenters. The number of aromatic nitrogens is 3. The fourth-order valence-electron chi connectivity index (χ4n) is 6.42. The van der Waals surface area contributed by atoms with Gasteiger partial charge in [0.1, 0.15) is 0 Å². The fourth-order valence-corrected chi connectivity index (χ4v) is 7.66. The van der Waals surface area contributed by atoms with E-state index in [-0.39, 0.29) is 20.1 Å². The van der Waals surface area contributed by atoms with Crippen molar-refractivity contribution in [1.29, 1.82) is 0 Å². The van der Waals surface area contributed by atoms with E-state index in [4.69, 9.17) is 0 Å². The molecule has 0 saturated heterocycles. The SMILES string of the molecule is [Ir].[c-]1cc2c(cc1-c1ccccn1)c1c3sc4ccccc4c3cc3c4ccccc4n2c31.[c-]1ccccc1-c1ccccn1. The molecular weight excluding hydrogens is 747 g/mol. The van der Waals surface area contributed by atoms with Crippen molar-refractivity contribution in [2.24, 2.45) is 0 Å². The predicted octanol–water partition coefficient (Wildman–Crippen LogP) is 10.6. The Morgan fingerprint density at radius 1 is 0.556 bits per heavy atom. The van der Waals surface area contributed by atoms with Crippen molar-refractivity contribution in [3.05, 3.63) is 152 Å². The van der Waals surface area contributed by atoms with E-state index in [1.165, 1.54) is 58.3 Å². The van der Waals surface area contributed by atoms with Crippen LogP contribution in [0, 0.1) is 12.1 Å². The van der Waals surface area contributed by atoms with E-state index in [1.807, 2.05) is 72.1 Å². The second-order valence-electron chi connectivity index (χ2n) is 10.8. The van der Waals surface area contributed by atoms with Crippen molar-refractivity contribution in [2.45, 2.75) is 0 Å². The van der Waals surface area contributed by atoms with Crippen molar-refractivity contribution in [3.8, 4) is 22.5 Å². The number of fused-ring (bicyclic) bond motifs is 10. The summed E-state index contributed by atoms with van der Waals surface area (Å²) >= 11 is 1.90. The van der Waals surface area contributed by atoms with Crippen molar-refractivity contribution in [1.82, 2.24) is 14.4 Å². The van der Waals surface area contributed by atoms with Crippen molar-refractivity contribution in [3.63, 3.8) is 0 Å². The number of rotatable bonds is 2. The van der Waals surface area contributed by atoms with Crippen LogP contribution in [0.15, 0.2) is 140 Å². The third-order valence-electron chi connectivity index (χ3n) is 8.33. The third-order valence-corrected chi connectivity index (χ3v) is 9.53. The van der Waals surface area contributed by atoms with Gasteiger partial charge < -0.3 is 14.4 Å². The molecule has 0 saturated carbocycles. The molecule has 0 spiro atoms. The van der Waals surface area contributed by atoms with Crippen LogP contribution < -0.4 is 0 Å². The van der Waals surface area contributed by atoms with Crippen molar-refractivity contribution >= 4 is 69.6 Å². The Kier molecular flexibility index (Phi) is 6.88. The largest absolute Gasteiger partial charge is 0.350 e. The second-order valence-corrected chi connectivity index (χ2v) is 11.9. The summed E-state index contributed by atoms with van der Waals surface area (Å²) in [5, 5.41) is 7.92. The van der Waals surface area contributed by atoms with Crippen LogP contribution in [0.4, 0.5) is 0 Å². The summed E-state index contributed by atoms with van der Waals surface area (Å²) in [6.07, 6.45) is 3.63. The van der Waals surface area contributed by atoms with Crippen molar-refractivity contribution in [2.75, 3.05) is 0 Å².